The maximum Gasteiger partial charge on any atom is 0.257 e. The lowest BCUT2D eigenvalue weighted by atomic mass is 10.2. The minimum Gasteiger partial charge on any atom is -0.328 e. The van der Waals surface area contributed by atoms with Gasteiger partial charge in [-0.15, -0.1) is 0 Å². The fraction of sp³-hybridized carbons (Fsp3) is 0.333. The first-order valence-corrected chi connectivity index (χ1v) is 11.6. The average molecular weight is 447 g/mol. The van der Waals surface area contributed by atoms with Gasteiger partial charge in [0.2, 0.25) is 10.0 Å². The van der Waals surface area contributed by atoms with Crippen LogP contribution in [0.25, 0.3) is 11.0 Å². The molecule has 7 nitrogen and oxygen atoms in total. The Bertz CT molecular complexity index is 1230. The number of imidazole rings is 1. The summed E-state index contributed by atoms with van der Waals surface area (Å²) in [5.41, 5.74) is 2.57. The lowest BCUT2D eigenvalue weighted by Gasteiger charge is -2.13. The van der Waals surface area contributed by atoms with E-state index in [9.17, 15) is 13.2 Å². The van der Waals surface area contributed by atoms with Gasteiger partial charge < -0.3 is 9.88 Å². The lowest BCUT2D eigenvalue weighted by molar-refractivity contribution is 0.102. The van der Waals surface area contributed by atoms with E-state index in [1.54, 1.807) is 0 Å². The molecular formula is C21H23ClN4O3S. The number of aryl methyl sites for hydroxylation is 2. The Hall–Kier alpha value is -2.42. The number of anilines is 1. The fourth-order valence-electron chi connectivity index (χ4n) is 3.68. The zero-order valence-corrected chi connectivity index (χ0v) is 18.4. The van der Waals surface area contributed by atoms with Gasteiger partial charge in [0, 0.05) is 32.7 Å². The van der Waals surface area contributed by atoms with Crippen molar-refractivity contribution in [3.63, 3.8) is 0 Å². The summed E-state index contributed by atoms with van der Waals surface area (Å²) in [6.07, 6.45) is 4.45. The van der Waals surface area contributed by atoms with Crippen LogP contribution in [0.5, 0.6) is 0 Å². The van der Waals surface area contributed by atoms with Crippen molar-refractivity contribution >= 4 is 44.3 Å². The molecule has 0 saturated carbocycles. The standard InChI is InChI=1S/C21H23ClN4O3S/c1-25(2)30(28,29)15-8-9-17(22)16(13-15)21(27)23-14-7-10-19-18(12-14)24-20-6-4-3-5-11-26(19)20/h7-10,12-13H,3-6,11H2,1-2H3,(H,23,27). The van der Waals surface area contributed by atoms with Crippen molar-refractivity contribution in [3.05, 3.63) is 52.8 Å². The van der Waals surface area contributed by atoms with E-state index in [4.69, 9.17) is 16.6 Å². The Labute approximate surface area is 180 Å². The average Bonchev–Trinajstić information content (AvgIpc) is 2.88. The number of hydrogen-bond acceptors (Lipinski definition) is 4. The first kappa shape index (κ1) is 20.8. The molecule has 0 fully saturated rings. The van der Waals surface area contributed by atoms with Crippen molar-refractivity contribution in [1.82, 2.24) is 13.9 Å². The molecule has 9 heteroatoms. The quantitative estimate of drug-likeness (QED) is 0.658. The third kappa shape index (κ3) is 3.82. The number of nitrogens with zero attached hydrogens (tertiary/aromatic N) is 3. The summed E-state index contributed by atoms with van der Waals surface area (Å²) in [6, 6.07) is 9.73. The number of amides is 1. The number of halogens is 1. The van der Waals surface area contributed by atoms with Crippen LogP contribution >= 0.6 is 11.6 Å². The number of fused-ring (bicyclic) bond motifs is 3. The predicted molar refractivity (Wildman–Crippen MR) is 118 cm³/mol. The van der Waals surface area contributed by atoms with E-state index in [0.29, 0.717) is 5.69 Å². The van der Waals surface area contributed by atoms with Crippen LogP contribution in [0.1, 0.15) is 35.4 Å². The second kappa shape index (κ2) is 8.02. The van der Waals surface area contributed by atoms with Crippen LogP contribution in [0.2, 0.25) is 5.02 Å². The molecule has 1 aromatic heterocycles. The van der Waals surface area contributed by atoms with Crippen LogP contribution in [0.4, 0.5) is 5.69 Å². The molecule has 1 amide bonds. The highest BCUT2D eigenvalue weighted by Crippen LogP contribution is 2.26. The predicted octanol–water partition coefficient (Wildman–Crippen LogP) is 3.92. The van der Waals surface area contributed by atoms with Crippen LogP contribution in [0.15, 0.2) is 41.3 Å². The summed E-state index contributed by atoms with van der Waals surface area (Å²) in [6.45, 7) is 0.959. The minimum atomic E-state index is -3.67. The molecule has 1 aliphatic rings. The number of carbonyl (C=O) groups excluding carboxylic acids is 1. The van der Waals surface area contributed by atoms with E-state index in [2.05, 4.69) is 9.88 Å². The molecule has 1 N–H and O–H groups in total. The number of carbonyl (C=O) groups is 1. The SMILES string of the molecule is CN(C)S(=O)(=O)c1ccc(Cl)c(C(=O)Nc2ccc3c(c2)nc2n3CCCCC2)c1. The normalized spacial score (nSPS) is 14.5. The molecule has 0 saturated heterocycles. The molecule has 4 rings (SSSR count). The number of rotatable bonds is 4. The summed E-state index contributed by atoms with van der Waals surface area (Å²) in [5.74, 6) is 0.603. The number of aromatic nitrogens is 2. The van der Waals surface area contributed by atoms with Crippen molar-refractivity contribution in [3.8, 4) is 0 Å². The highest BCUT2D eigenvalue weighted by molar-refractivity contribution is 7.89. The van der Waals surface area contributed by atoms with E-state index >= 15 is 0 Å². The van der Waals surface area contributed by atoms with Crippen LogP contribution in [0, 0.1) is 0 Å². The van der Waals surface area contributed by atoms with Gasteiger partial charge >= 0.3 is 0 Å². The van der Waals surface area contributed by atoms with Crippen molar-refractivity contribution in [2.75, 3.05) is 19.4 Å². The van der Waals surface area contributed by atoms with Gasteiger partial charge in [0.25, 0.3) is 5.91 Å². The molecular weight excluding hydrogens is 424 g/mol. The lowest BCUT2D eigenvalue weighted by Crippen LogP contribution is -2.23. The zero-order valence-electron chi connectivity index (χ0n) is 16.9. The monoisotopic (exact) mass is 446 g/mol. The second-order valence-electron chi connectivity index (χ2n) is 7.58. The number of hydrogen-bond donors (Lipinski definition) is 1. The Morgan fingerprint density at radius 2 is 1.93 bits per heavy atom. The molecule has 0 aliphatic carbocycles. The van der Waals surface area contributed by atoms with Gasteiger partial charge in [-0.25, -0.2) is 17.7 Å². The van der Waals surface area contributed by atoms with Crippen LogP contribution in [0.3, 0.4) is 0 Å². The van der Waals surface area contributed by atoms with Gasteiger partial charge in [0.1, 0.15) is 5.82 Å². The first-order chi connectivity index (χ1) is 14.3. The maximum absolute atomic E-state index is 12.8. The van der Waals surface area contributed by atoms with Crippen molar-refractivity contribution in [1.29, 1.82) is 0 Å². The van der Waals surface area contributed by atoms with E-state index in [1.165, 1.54) is 38.7 Å². The first-order valence-electron chi connectivity index (χ1n) is 9.80. The summed E-state index contributed by atoms with van der Waals surface area (Å²) in [5, 5.41) is 2.99. The van der Waals surface area contributed by atoms with Crippen molar-refractivity contribution < 1.29 is 13.2 Å². The molecule has 158 valence electrons. The summed E-state index contributed by atoms with van der Waals surface area (Å²) in [7, 11) is -0.803. The van der Waals surface area contributed by atoms with Gasteiger partial charge in [-0.1, -0.05) is 18.0 Å². The third-order valence-corrected chi connectivity index (χ3v) is 7.47. The topological polar surface area (TPSA) is 84.3 Å². The minimum absolute atomic E-state index is 0.00958. The summed E-state index contributed by atoms with van der Waals surface area (Å²) >= 11 is 6.18. The van der Waals surface area contributed by atoms with Gasteiger partial charge in [-0.3, -0.25) is 4.79 Å². The summed E-state index contributed by atoms with van der Waals surface area (Å²) in [4.78, 5) is 17.6. The van der Waals surface area contributed by atoms with Gasteiger partial charge in [-0.05, 0) is 49.2 Å². The summed E-state index contributed by atoms with van der Waals surface area (Å²) < 4.78 is 28.1. The molecule has 0 radical (unpaired) electrons. The van der Waals surface area contributed by atoms with E-state index in [1.807, 2.05) is 18.2 Å². The highest BCUT2D eigenvalue weighted by atomic mass is 35.5. The Balaban J connectivity index is 1.63. The van der Waals surface area contributed by atoms with Crippen LogP contribution in [-0.4, -0.2) is 42.3 Å². The maximum atomic E-state index is 12.8. The van der Waals surface area contributed by atoms with Gasteiger partial charge in [0.15, 0.2) is 0 Å². The fourth-order valence-corrected chi connectivity index (χ4v) is 4.81. The smallest absolute Gasteiger partial charge is 0.257 e. The van der Waals surface area contributed by atoms with Crippen molar-refractivity contribution in [2.24, 2.45) is 0 Å². The molecule has 1 aliphatic heterocycles. The number of sulfonamides is 1. The molecule has 0 atom stereocenters. The third-order valence-electron chi connectivity index (χ3n) is 5.33. The molecule has 2 aromatic carbocycles. The number of benzene rings is 2. The molecule has 3 aromatic rings. The molecule has 0 unspecified atom stereocenters. The number of nitrogens with one attached hydrogen (secondary N) is 1. The van der Waals surface area contributed by atoms with E-state index in [-0.39, 0.29) is 15.5 Å². The van der Waals surface area contributed by atoms with Gasteiger partial charge in [0.05, 0.1) is 26.5 Å². The molecule has 0 spiro atoms. The highest BCUT2D eigenvalue weighted by Gasteiger charge is 2.21. The largest absolute Gasteiger partial charge is 0.328 e. The van der Waals surface area contributed by atoms with E-state index in [0.717, 1.165) is 47.0 Å². The van der Waals surface area contributed by atoms with Crippen molar-refractivity contribution in [2.45, 2.75) is 37.1 Å². The van der Waals surface area contributed by atoms with E-state index < -0.39 is 15.9 Å². The van der Waals surface area contributed by atoms with Gasteiger partial charge in [-0.2, -0.15) is 0 Å². The van der Waals surface area contributed by atoms with Crippen LogP contribution < -0.4 is 5.32 Å². The molecule has 0 bridgehead atoms. The van der Waals surface area contributed by atoms with Crippen LogP contribution in [-0.2, 0) is 23.0 Å². The zero-order chi connectivity index (χ0) is 21.5. The molecule has 2 heterocycles. The second-order valence-corrected chi connectivity index (χ2v) is 10.1. The Kier molecular flexibility index (Phi) is 5.57. The Morgan fingerprint density at radius 1 is 1.13 bits per heavy atom. The Morgan fingerprint density at radius 3 is 2.70 bits per heavy atom. The molecule has 30 heavy (non-hydrogen) atoms.